The third-order valence-electron chi connectivity index (χ3n) is 5.35. The van der Waals surface area contributed by atoms with E-state index in [2.05, 4.69) is 30.1 Å². The number of aliphatic hydroxyl groups excluding tert-OH is 1. The number of hydrogen-bond donors (Lipinski definition) is 2. The van der Waals surface area contributed by atoms with Crippen molar-refractivity contribution in [1.29, 1.82) is 0 Å². The SMILES string of the molecule is Cc1nc(Nc2ncc(C(=O)Cc3c(Cl)cccc3Cl)s2)cc(N2CCN(CCO)CC2)n1. The summed E-state index contributed by atoms with van der Waals surface area (Å²) >= 11 is 13.7. The standard InChI is InChI=1S/C22H24Cl2N6O2S/c1-14-26-20(12-21(27-14)30-7-5-29(6-8-30)9-10-31)28-22-25-13-19(33-22)18(32)11-15-16(23)3-2-4-17(15)24/h2-4,12-13,31H,5-11H2,1H3,(H,25,26,27,28). The van der Waals surface area contributed by atoms with E-state index in [1.54, 1.807) is 24.4 Å². The van der Waals surface area contributed by atoms with Crippen LogP contribution in [-0.2, 0) is 6.42 Å². The number of rotatable bonds is 8. The molecule has 8 nitrogen and oxygen atoms in total. The molecule has 4 rings (SSSR count). The molecule has 1 aliphatic rings. The van der Waals surface area contributed by atoms with Crippen molar-refractivity contribution in [3.8, 4) is 0 Å². The highest BCUT2D eigenvalue weighted by molar-refractivity contribution is 7.17. The van der Waals surface area contributed by atoms with Crippen LogP contribution in [0.1, 0.15) is 21.1 Å². The molecule has 1 aliphatic heterocycles. The van der Waals surface area contributed by atoms with Gasteiger partial charge in [0, 0.05) is 55.3 Å². The average molecular weight is 507 g/mol. The van der Waals surface area contributed by atoms with Gasteiger partial charge in [-0.3, -0.25) is 9.69 Å². The second-order valence-corrected chi connectivity index (χ2v) is 9.51. The molecule has 2 N–H and O–H groups in total. The molecular weight excluding hydrogens is 483 g/mol. The molecule has 174 valence electrons. The maximum absolute atomic E-state index is 12.7. The number of carbonyl (C=O) groups excluding carboxylic acids is 1. The number of aryl methyl sites for hydroxylation is 1. The fraction of sp³-hybridized carbons (Fsp3) is 0.364. The summed E-state index contributed by atoms with van der Waals surface area (Å²) in [6.45, 7) is 6.12. The number of aliphatic hydroxyl groups is 1. The summed E-state index contributed by atoms with van der Waals surface area (Å²) in [5.74, 6) is 2.01. The number of ketones is 1. The zero-order chi connectivity index (χ0) is 23.4. The monoisotopic (exact) mass is 506 g/mol. The Kier molecular flexibility index (Phi) is 7.77. The van der Waals surface area contributed by atoms with Gasteiger partial charge in [-0.2, -0.15) is 0 Å². The maximum atomic E-state index is 12.7. The van der Waals surface area contributed by atoms with Crippen molar-refractivity contribution in [3.63, 3.8) is 0 Å². The highest BCUT2D eigenvalue weighted by Crippen LogP contribution is 2.28. The third kappa shape index (κ3) is 5.99. The van der Waals surface area contributed by atoms with Crippen LogP contribution in [0.3, 0.4) is 0 Å². The molecule has 3 heterocycles. The van der Waals surface area contributed by atoms with Gasteiger partial charge in [0.2, 0.25) is 0 Å². The molecule has 2 aromatic heterocycles. The zero-order valence-corrected chi connectivity index (χ0v) is 20.4. The molecule has 11 heteroatoms. The summed E-state index contributed by atoms with van der Waals surface area (Å²) in [6.07, 6.45) is 1.66. The first kappa shape index (κ1) is 23.8. The van der Waals surface area contributed by atoms with Crippen molar-refractivity contribution in [2.45, 2.75) is 13.3 Å². The highest BCUT2D eigenvalue weighted by atomic mass is 35.5. The van der Waals surface area contributed by atoms with Crippen molar-refractivity contribution in [1.82, 2.24) is 19.9 Å². The second-order valence-electron chi connectivity index (χ2n) is 7.67. The normalized spacial score (nSPS) is 14.5. The first-order valence-corrected chi connectivity index (χ1v) is 12.1. The fourth-order valence-corrected chi connectivity index (χ4v) is 4.93. The minimum atomic E-state index is -0.101. The Morgan fingerprint density at radius 1 is 1.18 bits per heavy atom. The van der Waals surface area contributed by atoms with E-state index in [1.807, 2.05) is 13.0 Å². The summed E-state index contributed by atoms with van der Waals surface area (Å²) in [7, 11) is 0. The fourth-order valence-electron chi connectivity index (χ4n) is 3.64. The molecule has 0 bridgehead atoms. The van der Waals surface area contributed by atoms with Gasteiger partial charge < -0.3 is 15.3 Å². The van der Waals surface area contributed by atoms with Gasteiger partial charge >= 0.3 is 0 Å². The van der Waals surface area contributed by atoms with Gasteiger partial charge in [0.1, 0.15) is 17.5 Å². The first-order chi connectivity index (χ1) is 15.9. The Balaban J connectivity index is 1.43. The Labute approximate surface area is 206 Å². The molecular formula is C22H24Cl2N6O2S. The molecule has 0 saturated carbocycles. The van der Waals surface area contributed by atoms with Gasteiger partial charge in [0.05, 0.1) is 17.7 Å². The number of Topliss-reactive ketones (excluding diaryl/α,β-unsaturated/α-hetero) is 1. The predicted octanol–water partition coefficient (Wildman–Crippen LogP) is 3.83. The number of aromatic nitrogens is 3. The first-order valence-electron chi connectivity index (χ1n) is 10.6. The molecule has 0 unspecified atom stereocenters. The Morgan fingerprint density at radius 3 is 2.61 bits per heavy atom. The molecule has 33 heavy (non-hydrogen) atoms. The summed E-state index contributed by atoms with van der Waals surface area (Å²) in [6, 6.07) is 7.08. The largest absolute Gasteiger partial charge is 0.395 e. The van der Waals surface area contributed by atoms with Crippen molar-refractivity contribution >= 4 is 57.1 Å². The highest BCUT2D eigenvalue weighted by Gasteiger charge is 2.19. The number of benzene rings is 1. The topological polar surface area (TPSA) is 94.5 Å². The van der Waals surface area contributed by atoms with E-state index >= 15 is 0 Å². The lowest BCUT2D eigenvalue weighted by atomic mass is 10.1. The minimum absolute atomic E-state index is 0.101. The molecule has 0 spiro atoms. The third-order valence-corrected chi connectivity index (χ3v) is 7.01. The number of anilines is 3. The average Bonchev–Trinajstić information content (AvgIpc) is 3.25. The number of β-amino-alcohol motifs (C(OH)–C–C–N with tert-alkyl or cyclic N) is 1. The van der Waals surface area contributed by atoms with Crippen molar-refractivity contribution in [3.05, 3.63) is 56.8 Å². The zero-order valence-electron chi connectivity index (χ0n) is 18.1. The van der Waals surface area contributed by atoms with E-state index in [1.165, 1.54) is 11.3 Å². The van der Waals surface area contributed by atoms with Crippen LogP contribution in [0.15, 0.2) is 30.5 Å². The Morgan fingerprint density at radius 2 is 1.91 bits per heavy atom. The van der Waals surface area contributed by atoms with Gasteiger partial charge in [-0.1, -0.05) is 40.6 Å². The van der Waals surface area contributed by atoms with E-state index in [4.69, 9.17) is 28.3 Å². The summed E-state index contributed by atoms with van der Waals surface area (Å²) in [5, 5.41) is 13.8. The summed E-state index contributed by atoms with van der Waals surface area (Å²) in [5.41, 5.74) is 0.615. The molecule has 0 radical (unpaired) electrons. The smallest absolute Gasteiger partial charge is 0.188 e. The van der Waals surface area contributed by atoms with Crippen molar-refractivity contribution in [2.75, 3.05) is 49.5 Å². The summed E-state index contributed by atoms with van der Waals surface area (Å²) < 4.78 is 0. The lowest BCUT2D eigenvalue weighted by molar-refractivity contribution is 0.0996. The predicted molar refractivity (Wildman–Crippen MR) is 132 cm³/mol. The van der Waals surface area contributed by atoms with Gasteiger partial charge in [-0.25, -0.2) is 15.0 Å². The molecule has 1 aromatic carbocycles. The van der Waals surface area contributed by atoms with Crippen LogP contribution in [0.4, 0.5) is 16.8 Å². The molecule has 0 aliphatic carbocycles. The maximum Gasteiger partial charge on any atom is 0.188 e. The molecule has 1 saturated heterocycles. The molecule has 1 fully saturated rings. The number of hydrogen-bond acceptors (Lipinski definition) is 9. The van der Waals surface area contributed by atoms with Crippen LogP contribution in [0.2, 0.25) is 10.0 Å². The van der Waals surface area contributed by atoms with Gasteiger partial charge in [-0.15, -0.1) is 0 Å². The van der Waals surface area contributed by atoms with E-state index in [-0.39, 0.29) is 18.8 Å². The second kappa shape index (κ2) is 10.8. The van der Waals surface area contributed by atoms with Crippen LogP contribution in [0, 0.1) is 6.92 Å². The van der Waals surface area contributed by atoms with Crippen LogP contribution in [0.5, 0.6) is 0 Å². The number of nitrogens with one attached hydrogen (secondary N) is 1. The molecule has 3 aromatic rings. The lowest BCUT2D eigenvalue weighted by Crippen LogP contribution is -2.47. The van der Waals surface area contributed by atoms with Crippen molar-refractivity contribution < 1.29 is 9.90 Å². The van der Waals surface area contributed by atoms with Crippen LogP contribution in [-0.4, -0.2) is 70.1 Å². The van der Waals surface area contributed by atoms with Gasteiger partial charge in [-0.05, 0) is 24.6 Å². The number of halogens is 2. The number of carbonyl (C=O) groups is 1. The molecule has 0 amide bonds. The minimum Gasteiger partial charge on any atom is -0.395 e. The Hall–Kier alpha value is -2.30. The van der Waals surface area contributed by atoms with E-state index in [9.17, 15) is 4.79 Å². The summed E-state index contributed by atoms with van der Waals surface area (Å²) in [4.78, 5) is 31.1. The van der Waals surface area contributed by atoms with E-state index in [0.717, 1.165) is 32.0 Å². The Bertz CT molecular complexity index is 1110. The van der Waals surface area contributed by atoms with E-state index in [0.29, 0.717) is 43.8 Å². The number of piperazine rings is 1. The van der Waals surface area contributed by atoms with Crippen molar-refractivity contribution in [2.24, 2.45) is 0 Å². The number of nitrogens with zero attached hydrogens (tertiary/aromatic N) is 5. The van der Waals surface area contributed by atoms with Gasteiger partial charge in [0.25, 0.3) is 0 Å². The van der Waals surface area contributed by atoms with Crippen LogP contribution in [0.25, 0.3) is 0 Å². The van der Waals surface area contributed by atoms with Gasteiger partial charge in [0.15, 0.2) is 10.9 Å². The van der Waals surface area contributed by atoms with E-state index < -0.39 is 0 Å². The van der Waals surface area contributed by atoms with Crippen LogP contribution < -0.4 is 10.2 Å². The number of thiazole rings is 1. The quantitative estimate of drug-likeness (QED) is 0.445. The lowest BCUT2D eigenvalue weighted by Gasteiger charge is -2.35. The molecule has 0 atom stereocenters. The van der Waals surface area contributed by atoms with Crippen LogP contribution >= 0.6 is 34.5 Å².